The number of hydrogen-bond donors (Lipinski definition) is 2. The first kappa shape index (κ1) is 9.25. The number of hydrogen-bond acceptors (Lipinski definition) is 2. The Labute approximate surface area is 78.9 Å². The maximum absolute atomic E-state index is 11.3. The van der Waals surface area contributed by atoms with Crippen molar-refractivity contribution < 1.29 is 4.79 Å². The van der Waals surface area contributed by atoms with Crippen molar-refractivity contribution in [1.29, 1.82) is 0 Å². The minimum atomic E-state index is -0.101. The second-order valence-corrected chi connectivity index (χ2v) is 3.13. The largest absolute Gasteiger partial charge is 0.352 e. The number of carbonyl (C=O) groups is 1. The van der Waals surface area contributed by atoms with E-state index < -0.39 is 0 Å². The monoisotopic (exact) mass is 231 g/mol. The molecule has 0 aliphatic heterocycles. The number of aromatic amines is 1. The summed E-state index contributed by atoms with van der Waals surface area (Å²) in [4.78, 5) is 11.3. The molecule has 0 saturated heterocycles. The number of H-pyrrole nitrogens is 1. The second-order valence-electron chi connectivity index (χ2n) is 2.37. The van der Waals surface area contributed by atoms with E-state index in [0.29, 0.717) is 16.7 Å². The van der Waals surface area contributed by atoms with Gasteiger partial charge in [-0.2, -0.15) is 5.10 Å². The highest BCUT2D eigenvalue weighted by atomic mass is 79.9. The van der Waals surface area contributed by atoms with Crippen LogP contribution in [-0.4, -0.2) is 22.6 Å². The fourth-order valence-electron chi connectivity index (χ4n) is 0.912. The van der Waals surface area contributed by atoms with E-state index in [2.05, 4.69) is 31.4 Å². The van der Waals surface area contributed by atoms with Gasteiger partial charge in [-0.05, 0) is 29.8 Å². The standard InChI is InChI=1S/C7H10BrN3O/c1-3-9-7(12)5-4(2)10-11-6(5)8/h3H2,1-2H3,(H,9,12)(H,10,11). The lowest BCUT2D eigenvalue weighted by Gasteiger charge is -1.99. The fourth-order valence-corrected chi connectivity index (χ4v) is 1.48. The molecule has 0 unspecified atom stereocenters. The molecule has 2 N–H and O–H groups in total. The minimum Gasteiger partial charge on any atom is -0.352 e. The maximum atomic E-state index is 11.3. The van der Waals surface area contributed by atoms with E-state index in [9.17, 15) is 4.79 Å². The molecule has 0 aliphatic rings. The summed E-state index contributed by atoms with van der Waals surface area (Å²) >= 11 is 3.18. The molecule has 66 valence electrons. The van der Waals surface area contributed by atoms with Crippen LogP contribution in [0.5, 0.6) is 0 Å². The Morgan fingerprint density at radius 3 is 2.83 bits per heavy atom. The van der Waals surface area contributed by atoms with Crippen molar-refractivity contribution in [2.24, 2.45) is 0 Å². The van der Waals surface area contributed by atoms with Gasteiger partial charge in [0, 0.05) is 12.2 Å². The van der Waals surface area contributed by atoms with Gasteiger partial charge in [0.05, 0.1) is 5.56 Å². The van der Waals surface area contributed by atoms with Crippen LogP contribution in [0.25, 0.3) is 0 Å². The van der Waals surface area contributed by atoms with Crippen molar-refractivity contribution in [2.75, 3.05) is 6.54 Å². The summed E-state index contributed by atoms with van der Waals surface area (Å²) in [6, 6.07) is 0. The van der Waals surface area contributed by atoms with E-state index in [1.807, 2.05) is 13.8 Å². The number of aryl methyl sites for hydroxylation is 1. The molecule has 4 nitrogen and oxygen atoms in total. The summed E-state index contributed by atoms with van der Waals surface area (Å²) < 4.78 is 0.561. The zero-order valence-corrected chi connectivity index (χ0v) is 8.53. The van der Waals surface area contributed by atoms with Crippen molar-refractivity contribution in [3.8, 4) is 0 Å². The van der Waals surface area contributed by atoms with Gasteiger partial charge >= 0.3 is 0 Å². The van der Waals surface area contributed by atoms with E-state index in [0.717, 1.165) is 5.69 Å². The molecular formula is C7H10BrN3O. The summed E-state index contributed by atoms with van der Waals surface area (Å²) in [6.45, 7) is 4.31. The third-order valence-electron chi connectivity index (χ3n) is 1.47. The Hall–Kier alpha value is -0.840. The van der Waals surface area contributed by atoms with Gasteiger partial charge in [-0.25, -0.2) is 0 Å². The predicted molar refractivity (Wildman–Crippen MR) is 49.0 cm³/mol. The average Bonchev–Trinajstić information content (AvgIpc) is 2.32. The van der Waals surface area contributed by atoms with Crippen LogP contribution in [0.1, 0.15) is 23.0 Å². The Morgan fingerprint density at radius 2 is 2.42 bits per heavy atom. The van der Waals surface area contributed by atoms with Crippen LogP contribution in [0.2, 0.25) is 0 Å². The molecular weight excluding hydrogens is 222 g/mol. The van der Waals surface area contributed by atoms with E-state index in [4.69, 9.17) is 0 Å². The summed E-state index contributed by atoms with van der Waals surface area (Å²) in [6.07, 6.45) is 0. The average molecular weight is 232 g/mol. The lowest BCUT2D eigenvalue weighted by Crippen LogP contribution is -2.23. The van der Waals surface area contributed by atoms with Crippen LogP contribution in [0.4, 0.5) is 0 Å². The molecule has 0 bridgehead atoms. The minimum absolute atomic E-state index is 0.101. The van der Waals surface area contributed by atoms with Crippen molar-refractivity contribution in [1.82, 2.24) is 15.5 Å². The number of aromatic nitrogens is 2. The zero-order valence-electron chi connectivity index (χ0n) is 6.94. The molecule has 0 fully saturated rings. The molecule has 1 aromatic rings. The Bertz CT molecular complexity index is 275. The smallest absolute Gasteiger partial charge is 0.255 e. The normalized spacial score (nSPS) is 9.92. The number of nitrogens with one attached hydrogen (secondary N) is 2. The molecule has 5 heteroatoms. The van der Waals surface area contributed by atoms with Crippen LogP contribution >= 0.6 is 15.9 Å². The molecule has 0 saturated carbocycles. The molecule has 1 amide bonds. The highest BCUT2D eigenvalue weighted by Gasteiger charge is 2.14. The number of amides is 1. The Kier molecular flexibility index (Phi) is 2.86. The van der Waals surface area contributed by atoms with Crippen LogP contribution < -0.4 is 5.32 Å². The van der Waals surface area contributed by atoms with Crippen molar-refractivity contribution in [3.63, 3.8) is 0 Å². The summed E-state index contributed by atoms with van der Waals surface area (Å²) in [5.74, 6) is -0.101. The van der Waals surface area contributed by atoms with Gasteiger partial charge in [0.1, 0.15) is 4.60 Å². The van der Waals surface area contributed by atoms with E-state index in [1.54, 1.807) is 0 Å². The molecule has 12 heavy (non-hydrogen) atoms. The van der Waals surface area contributed by atoms with E-state index >= 15 is 0 Å². The van der Waals surface area contributed by atoms with Crippen molar-refractivity contribution >= 4 is 21.8 Å². The van der Waals surface area contributed by atoms with Gasteiger partial charge < -0.3 is 5.32 Å². The van der Waals surface area contributed by atoms with E-state index in [1.165, 1.54) is 0 Å². The van der Waals surface area contributed by atoms with Crippen molar-refractivity contribution in [3.05, 3.63) is 15.9 Å². The van der Waals surface area contributed by atoms with Gasteiger partial charge in [-0.3, -0.25) is 9.89 Å². The predicted octanol–water partition coefficient (Wildman–Crippen LogP) is 1.23. The SMILES string of the molecule is CCNC(=O)c1c(Br)n[nH]c1C. The first-order chi connectivity index (χ1) is 5.66. The number of carbonyl (C=O) groups excluding carboxylic acids is 1. The van der Waals surface area contributed by atoms with Crippen LogP contribution in [0.3, 0.4) is 0 Å². The molecule has 0 spiro atoms. The quantitative estimate of drug-likeness (QED) is 0.805. The zero-order chi connectivity index (χ0) is 9.14. The Morgan fingerprint density at radius 1 is 1.75 bits per heavy atom. The van der Waals surface area contributed by atoms with Crippen LogP contribution in [0, 0.1) is 6.92 Å². The number of halogens is 1. The third-order valence-corrected chi connectivity index (χ3v) is 2.04. The molecule has 0 atom stereocenters. The second kappa shape index (κ2) is 3.71. The summed E-state index contributed by atoms with van der Waals surface area (Å²) in [7, 11) is 0. The molecule has 1 rings (SSSR count). The molecule has 0 radical (unpaired) electrons. The summed E-state index contributed by atoms with van der Waals surface area (Å²) in [5.41, 5.74) is 1.35. The van der Waals surface area contributed by atoms with Gasteiger partial charge in [0.2, 0.25) is 0 Å². The molecule has 0 aromatic carbocycles. The van der Waals surface area contributed by atoms with Gasteiger partial charge in [0.25, 0.3) is 5.91 Å². The topological polar surface area (TPSA) is 57.8 Å². The fraction of sp³-hybridized carbons (Fsp3) is 0.429. The van der Waals surface area contributed by atoms with Crippen LogP contribution in [0.15, 0.2) is 4.60 Å². The number of nitrogens with zero attached hydrogens (tertiary/aromatic N) is 1. The lowest BCUT2D eigenvalue weighted by molar-refractivity contribution is 0.0954. The maximum Gasteiger partial charge on any atom is 0.255 e. The Balaban J connectivity index is 2.93. The van der Waals surface area contributed by atoms with E-state index in [-0.39, 0.29) is 5.91 Å². The first-order valence-electron chi connectivity index (χ1n) is 3.65. The highest BCUT2D eigenvalue weighted by Crippen LogP contribution is 2.15. The van der Waals surface area contributed by atoms with Gasteiger partial charge in [0.15, 0.2) is 0 Å². The molecule has 1 heterocycles. The van der Waals surface area contributed by atoms with Gasteiger partial charge in [-0.15, -0.1) is 0 Å². The van der Waals surface area contributed by atoms with Gasteiger partial charge in [-0.1, -0.05) is 0 Å². The van der Waals surface area contributed by atoms with Crippen LogP contribution in [-0.2, 0) is 0 Å². The third kappa shape index (κ3) is 1.66. The summed E-state index contributed by atoms with van der Waals surface area (Å²) in [5, 5.41) is 9.27. The molecule has 0 aliphatic carbocycles. The molecule has 1 aromatic heterocycles. The van der Waals surface area contributed by atoms with Crippen molar-refractivity contribution in [2.45, 2.75) is 13.8 Å². The number of rotatable bonds is 2. The first-order valence-corrected chi connectivity index (χ1v) is 4.44. The highest BCUT2D eigenvalue weighted by molar-refractivity contribution is 9.10. The lowest BCUT2D eigenvalue weighted by atomic mass is 10.2.